The predicted octanol–water partition coefficient (Wildman–Crippen LogP) is 2.74. The fraction of sp³-hybridized carbons (Fsp3) is 0.696. The molecule has 2 rings (SSSR count). The number of aliphatic imine (C=N–C) groups is 1. The zero-order valence-corrected chi connectivity index (χ0v) is 19.7. The van der Waals surface area contributed by atoms with Gasteiger partial charge in [-0.2, -0.15) is 0 Å². The number of hydrogen-bond donors (Lipinski definition) is 2. The third-order valence-electron chi connectivity index (χ3n) is 5.65. The van der Waals surface area contributed by atoms with Gasteiger partial charge in [0.2, 0.25) is 0 Å². The van der Waals surface area contributed by atoms with Crippen molar-refractivity contribution >= 4 is 5.96 Å². The van der Waals surface area contributed by atoms with Gasteiger partial charge in [-0.1, -0.05) is 13.0 Å². The molecule has 1 fully saturated rings. The van der Waals surface area contributed by atoms with Gasteiger partial charge >= 0.3 is 0 Å². The monoisotopic (exact) mass is 419 g/mol. The van der Waals surface area contributed by atoms with E-state index in [9.17, 15) is 0 Å². The molecule has 30 heavy (non-hydrogen) atoms. The molecule has 0 aliphatic carbocycles. The van der Waals surface area contributed by atoms with E-state index in [-0.39, 0.29) is 6.04 Å². The average Bonchev–Trinajstić information content (AvgIpc) is 2.75. The van der Waals surface area contributed by atoms with Crippen LogP contribution in [0.15, 0.2) is 23.2 Å². The summed E-state index contributed by atoms with van der Waals surface area (Å²) in [6, 6.07) is 6.72. The van der Waals surface area contributed by atoms with E-state index in [1.54, 1.807) is 14.2 Å². The standard InChI is InChI=1S/C23H41N5O2/c1-7-13-28-14-11-19(12-15-28)26-23(24-8-2)25-17-20(27(3)4)18-9-10-21(29-5)22(16-18)30-6/h9-10,16,19-20H,7-8,11-15,17H2,1-6H3,(H2,24,25,26). The third kappa shape index (κ3) is 7.06. The summed E-state index contributed by atoms with van der Waals surface area (Å²) in [6.45, 7) is 9.40. The SMILES string of the molecule is CCCN1CCC(NC(=NCC(c2ccc(OC)c(OC)c2)N(C)C)NCC)CC1. The van der Waals surface area contributed by atoms with Crippen LogP contribution in [0.1, 0.15) is 44.7 Å². The predicted molar refractivity (Wildman–Crippen MR) is 125 cm³/mol. The molecule has 1 aromatic carbocycles. The molecule has 2 N–H and O–H groups in total. The largest absolute Gasteiger partial charge is 0.493 e. The maximum atomic E-state index is 5.49. The molecule has 0 spiro atoms. The molecule has 1 unspecified atom stereocenters. The van der Waals surface area contributed by atoms with E-state index in [0.717, 1.165) is 55.5 Å². The molecule has 1 aliphatic rings. The van der Waals surface area contributed by atoms with Crippen LogP contribution in [0, 0.1) is 0 Å². The Morgan fingerprint density at radius 2 is 1.87 bits per heavy atom. The van der Waals surface area contributed by atoms with Crippen molar-refractivity contribution in [2.75, 3.05) is 61.0 Å². The van der Waals surface area contributed by atoms with E-state index in [0.29, 0.717) is 12.6 Å². The van der Waals surface area contributed by atoms with Crippen LogP contribution in [0.5, 0.6) is 11.5 Å². The van der Waals surface area contributed by atoms with Crippen molar-refractivity contribution in [2.45, 2.75) is 45.2 Å². The fourth-order valence-electron chi connectivity index (χ4n) is 3.94. The van der Waals surface area contributed by atoms with Gasteiger partial charge in [-0.15, -0.1) is 0 Å². The number of nitrogens with one attached hydrogen (secondary N) is 2. The van der Waals surface area contributed by atoms with E-state index >= 15 is 0 Å². The van der Waals surface area contributed by atoms with Crippen molar-refractivity contribution in [1.29, 1.82) is 0 Å². The molecular weight excluding hydrogens is 378 g/mol. The summed E-state index contributed by atoms with van der Waals surface area (Å²) >= 11 is 0. The smallest absolute Gasteiger partial charge is 0.191 e. The first-order valence-electron chi connectivity index (χ1n) is 11.2. The second-order valence-electron chi connectivity index (χ2n) is 8.07. The summed E-state index contributed by atoms with van der Waals surface area (Å²) in [5, 5.41) is 7.07. The Morgan fingerprint density at radius 1 is 1.17 bits per heavy atom. The van der Waals surface area contributed by atoms with Crippen LogP contribution in [0.3, 0.4) is 0 Å². The van der Waals surface area contributed by atoms with Gasteiger partial charge in [0.1, 0.15) is 0 Å². The number of nitrogens with zero attached hydrogens (tertiary/aromatic N) is 3. The number of benzene rings is 1. The number of ether oxygens (including phenoxy) is 2. The van der Waals surface area contributed by atoms with Gasteiger partial charge in [0.05, 0.1) is 26.8 Å². The molecule has 1 saturated heterocycles. The second kappa shape index (κ2) is 12.6. The Bertz CT molecular complexity index is 657. The number of likely N-dealkylation sites (N-methyl/N-ethyl adjacent to an activating group) is 1. The highest BCUT2D eigenvalue weighted by Crippen LogP contribution is 2.31. The van der Waals surface area contributed by atoms with E-state index in [4.69, 9.17) is 14.5 Å². The molecule has 1 atom stereocenters. The molecule has 0 radical (unpaired) electrons. The van der Waals surface area contributed by atoms with Crippen molar-refractivity contribution in [3.8, 4) is 11.5 Å². The molecule has 0 amide bonds. The van der Waals surface area contributed by atoms with Crippen molar-refractivity contribution in [3.63, 3.8) is 0 Å². The van der Waals surface area contributed by atoms with Crippen LogP contribution in [-0.2, 0) is 0 Å². The van der Waals surface area contributed by atoms with Crippen molar-refractivity contribution in [3.05, 3.63) is 23.8 Å². The highest BCUT2D eigenvalue weighted by molar-refractivity contribution is 5.80. The Kier molecular flexibility index (Phi) is 10.2. The minimum absolute atomic E-state index is 0.145. The van der Waals surface area contributed by atoms with Gasteiger partial charge in [-0.3, -0.25) is 4.99 Å². The minimum atomic E-state index is 0.145. The Hall–Kier alpha value is -1.99. The average molecular weight is 420 g/mol. The number of guanidine groups is 1. The van der Waals surface area contributed by atoms with Crippen molar-refractivity contribution < 1.29 is 9.47 Å². The number of methoxy groups -OCH3 is 2. The second-order valence-corrected chi connectivity index (χ2v) is 8.07. The van der Waals surface area contributed by atoms with Gasteiger partial charge in [0, 0.05) is 25.7 Å². The first kappa shape index (κ1) is 24.3. The summed E-state index contributed by atoms with van der Waals surface area (Å²) in [5.74, 6) is 2.39. The third-order valence-corrected chi connectivity index (χ3v) is 5.65. The van der Waals surface area contributed by atoms with Crippen LogP contribution in [0.4, 0.5) is 0 Å². The number of likely N-dealkylation sites (tertiary alicyclic amines) is 1. The molecule has 1 aliphatic heterocycles. The van der Waals surface area contributed by atoms with Crippen LogP contribution in [0.25, 0.3) is 0 Å². The molecule has 0 aromatic heterocycles. The zero-order valence-electron chi connectivity index (χ0n) is 19.7. The number of rotatable bonds is 10. The van der Waals surface area contributed by atoms with Crippen molar-refractivity contribution in [2.24, 2.45) is 4.99 Å². The maximum absolute atomic E-state index is 5.49. The summed E-state index contributed by atoms with van der Waals surface area (Å²) in [6.07, 6.45) is 3.55. The highest BCUT2D eigenvalue weighted by atomic mass is 16.5. The molecule has 0 saturated carbocycles. The van der Waals surface area contributed by atoms with Gasteiger partial charge in [-0.05, 0) is 64.5 Å². The fourth-order valence-corrected chi connectivity index (χ4v) is 3.94. The molecule has 1 heterocycles. The molecular formula is C23H41N5O2. The normalized spacial score (nSPS) is 17.1. The van der Waals surface area contributed by atoms with Crippen LogP contribution in [0.2, 0.25) is 0 Å². The quantitative estimate of drug-likeness (QED) is 0.449. The van der Waals surface area contributed by atoms with Crippen LogP contribution < -0.4 is 20.1 Å². The summed E-state index contributed by atoms with van der Waals surface area (Å²) in [4.78, 5) is 9.67. The van der Waals surface area contributed by atoms with Crippen LogP contribution >= 0.6 is 0 Å². The van der Waals surface area contributed by atoms with Crippen LogP contribution in [-0.4, -0.2) is 82.8 Å². The Labute approximate surface area is 182 Å². The van der Waals surface area contributed by atoms with Gasteiger partial charge < -0.3 is 29.9 Å². The Morgan fingerprint density at radius 3 is 2.43 bits per heavy atom. The molecule has 0 bridgehead atoms. The Balaban J connectivity index is 2.06. The lowest BCUT2D eigenvalue weighted by molar-refractivity contribution is 0.206. The van der Waals surface area contributed by atoms with Gasteiger partial charge in [0.15, 0.2) is 17.5 Å². The highest BCUT2D eigenvalue weighted by Gasteiger charge is 2.20. The molecule has 170 valence electrons. The molecule has 1 aromatic rings. The molecule has 7 heteroatoms. The summed E-state index contributed by atoms with van der Waals surface area (Å²) in [5.41, 5.74) is 1.16. The van der Waals surface area contributed by atoms with Gasteiger partial charge in [-0.25, -0.2) is 0 Å². The maximum Gasteiger partial charge on any atom is 0.191 e. The topological polar surface area (TPSA) is 61.4 Å². The lowest BCUT2D eigenvalue weighted by atomic mass is 10.0. The zero-order chi connectivity index (χ0) is 21.9. The van der Waals surface area contributed by atoms with E-state index in [1.807, 2.05) is 12.1 Å². The first-order chi connectivity index (χ1) is 14.5. The summed E-state index contributed by atoms with van der Waals surface area (Å²) in [7, 11) is 7.50. The van der Waals surface area contributed by atoms with E-state index < -0.39 is 0 Å². The number of piperidine rings is 1. The summed E-state index contributed by atoms with van der Waals surface area (Å²) < 4.78 is 10.9. The lowest BCUT2D eigenvalue weighted by Crippen LogP contribution is -2.49. The minimum Gasteiger partial charge on any atom is -0.493 e. The first-order valence-corrected chi connectivity index (χ1v) is 11.2. The van der Waals surface area contributed by atoms with Crippen molar-refractivity contribution in [1.82, 2.24) is 20.4 Å². The van der Waals surface area contributed by atoms with Gasteiger partial charge in [0.25, 0.3) is 0 Å². The number of hydrogen-bond acceptors (Lipinski definition) is 5. The molecule has 7 nitrogen and oxygen atoms in total. The van der Waals surface area contributed by atoms with E-state index in [1.165, 1.54) is 13.0 Å². The van der Waals surface area contributed by atoms with E-state index in [2.05, 4.69) is 54.4 Å². The lowest BCUT2D eigenvalue weighted by Gasteiger charge is -2.33.